The van der Waals surface area contributed by atoms with Crippen molar-refractivity contribution in [1.82, 2.24) is 15.1 Å². The van der Waals surface area contributed by atoms with Crippen LogP contribution in [0.5, 0.6) is 0 Å². The largest absolute Gasteiger partial charge is 0.337 e. The Kier molecular flexibility index (Phi) is 2.47. The van der Waals surface area contributed by atoms with E-state index in [-0.39, 0.29) is 5.91 Å². The summed E-state index contributed by atoms with van der Waals surface area (Å²) in [5.74, 6) is -0.0393. The molecule has 0 fully saturated rings. The van der Waals surface area contributed by atoms with Crippen LogP contribution in [0.4, 0.5) is 0 Å². The molecule has 1 aromatic heterocycles. The first-order chi connectivity index (χ1) is 5.59. The molecule has 0 aliphatic carbocycles. The van der Waals surface area contributed by atoms with Crippen molar-refractivity contribution in [3.8, 4) is 0 Å². The van der Waals surface area contributed by atoms with E-state index in [1.807, 2.05) is 19.9 Å². The molecular weight excluding hydrogens is 154 g/mol. The predicted octanol–water partition coefficient (Wildman–Crippen LogP) is 0.594. The van der Waals surface area contributed by atoms with Gasteiger partial charge in [-0.2, -0.15) is 5.10 Å². The fourth-order valence-corrected chi connectivity index (χ4v) is 1.02. The van der Waals surface area contributed by atoms with Gasteiger partial charge >= 0.3 is 0 Å². The molecule has 1 amide bonds. The monoisotopic (exact) mass is 167 g/mol. The maximum absolute atomic E-state index is 10.6. The molecule has 1 rings (SSSR count). The van der Waals surface area contributed by atoms with E-state index in [4.69, 9.17) is 0 Å². The van der Waals surface area contributed by atoms with E-state index in [0.717, 1.165) is 11.4 Å². The van der Waals surface area contributed by atoms with Gasteiger partial charge in [0.1, 0.15) is 6.67 Å². The lowest BCUT2D eigenvalue weighted by molar-refractivity contribution is -0.119. The molecule has 0 unspecified atom stereocenters. The highest BCUT2D eigenvalue weighted by Crippen LogP contribution is 1.99. The average Bonchev–Trinajstić information content (AvgIpc) is 2.26. The molecule has 0 bridgehead atoms. The zero-order valence-electron chi connectivity index (χ0n) is 7.59. The summed E-state index contributed by atoms with van der Waals surface area (Å²) >= 11 is 0. The molecule has 4 heteroatoms. The van der Waals surface area contributed by atoms with Gasteiger partial charge in [-0.3, -0.25) is 9.48 Å². The Morgan fingerprint density at radius 3 is 2.75 bits per heavy atom. The van der Waals surface area contributed by atoms with E-state index < -0.39 is 0 Å². The van der Waals surface area contributed by atoms with Crippen LogP contribution in [-0.4, -0.2) is 15.7 Å². The third-order valence-electron chi connectivity index (χ3n) is 1.58. The van der Waals surface area contributed by atoms with Gasteiger partial charge in [-0.25, -0.2) is 0 Å². The van der Waals surface area contributed by atoms with Crippen LogP contribution in [0.3, 0.4) is 0 Å². The number of nitrogens with zero attached hydrogens (tertiary/aromatic N) is 2. The summed E-state index contributed by atoms with van der Waals surface area (Å²) in [6, 6.07) is 1.97. The third-order valence-corrected chi connectivity index (χ3v) is 1.58. The van der Waals surface area contributed by atoms with Crippen LogP contribution in [0.1, 0.15) is 18.3 Å². The highest BCUT2D eigenvalue weighted by atomic mass is 16.1. The topological polar surface area (TPSA) is 46.9 Å². The predicted molar refractivity (Wildman–Crippen MR) is 45.5 cm³/mol. The number of hydrogen-bond acceptors (Lipinski definition) is 2. The van der Waals surface area contributed by atoms with Gasteiger partial charge in [0.2, 0.25) is 5.91 Å². The Labute approximate surface area is 71.6 Å². The summed E-state index contributed by atoms with van der Waals surface area (Å²) < 4.78 is 1.76. The van der Waals surface area contributed by atoms with Crippen molar-refractivity contribution in [2.75, 3.05) is 0 Å². The van der Waals surface area contributed by atoms with Crippen LogP contribution < -0.4 is 5.32 Å². The number of carbonyl (C=O) groups excluding carboxylic acids is 1. The fraction of sp³-hybridized carbons (Fsp3) is 0.500. The second kappa shape index (κ2) is 3.38. The van der Waals surface area contributed by atoms with Gasteiger partial charge in [0.15, 0.2) is 0 Å². The van der Waals surface area contributed by atoms with Crippen LogP contribution in [0, 0.1) is 13.8 Å². The van der Waals surface area contributed by atoms with Crippen LogP contribution in [0.2, 0.25) is 0 Å². The minimum absolute atomic E-state index is 0.0393. The maximum atomic E-state index is 10.6. The molecule has 1 heterocycles. The SMILES string of the molecule is CC(=O)NCn1nc(C)cc1C. The van der Waals surface area contributed by atoms with Crippen LogP contribution in [0.15, 0.2) is 6.07 Å². The summed E-state index contributed by atoms with van der Waals surface area (Å²) in [6.07, 6.45) is 0. The zero-order chi connectivity index (χ0) is 9.14. The molecule has 1 N–H and O–H groups in total. The van der Waals surface area contributed by atoms with E-state index in [9.17, 15) is 4.79 Å². The van der Waals surface area contributed by atoms with Gasteiger partial charge in [-0.15, -0.1) is 0 Å². The quantitative estimate of drug-likeness (QED) is 0.701. The van der Waals surface area contributed by atoms with Crippen LogP contribution in [0.25, 0.3) is 0 Å². The van der Waals surface area contributed by atoms with Crippen LogP contribution in [-0.2, 0) is 11.5 Å². The average molecular weight is 167 g/mol. The minimum Gasteiger partial charge on any atom is -0.337 e. The van der Waals surface area contributed by atoms with Crippen molar-refractivity contribution >= 4 is 5.91 Å². The van der Waals surface area contributed by atoms with E-state index in [0.29, 0.717) is 6.67 Å². The molecule has 0 aromatic carbocycles. The van der Waals surface area contributed by atoms with Gasteiger partial charge in [0.05, 0.1) is 5.69 Å². The number of amides is 1. The lowest BCUT2D eigenvalue weighted by atomic mass is 10.4. The Hall–Kier alpha value is -1.32. The molecule has 0 saturated heterocycles. The van der Waals surface area contributed by atoms with Crippen molar-refractivity contribution in [2.45, 2.75) is 27.4 Å². The van der Waals surface area contributed by atoms with Gasteiger partial charge in [-0.05, 0) is 19.9 Å². The summed E-state index contributed by atoms with van der Waals surface area (Å²) in [5, 5.41) is 6.86. The molecule has 0 atom stereocenters. The summed E-state index contributed by atoms with van der Waals surface area (Å²) in [7, 11) is 0. The Morgan fingerprint density at radius 2 is 2.33 bits per heavy atom. The number of rotatable bonds is 2. The van der Waals surface area contributed by atoms with E-state index in [1.54, 1.807) is 4.68 Å². The number of hydrogen-bond donors (Lipinski definition) is 1. The summed E-state index contributed by atoms with van der Waals surface area (Å²) in [5.41, 5.74) is 2.03. The fourth-order valence-electron chi connectivity index (χ4n) is 1.02. The van der Waals surface area contributed by atoms with Crippen molar-refractivity contribution in [3.05, 3.63) is 17.5 Å². The molecule has 4 nitrogen and oxygen atoms in total. The van der Waals surface area contributed by atoms with Crippen molar-refractivity contribution in [3.63, 3.8) is 0 Å². The maximum Gasteiger partial charge on any atom is 0.218 e. The molecule has 66 valence electrons. The molecule has 12 heavy (non-hydrogen) atoms. The standard InChI is InChI=1S/C8H13N3O/c1-6-4-7(2)11(10-6)5-9-8(3)12/h4H,5H2,1-3H3,(H,9,12). The first-order valence-electron chi connectivity index (χ1n) is 3.85. The molecule has 0 radical (unpaired) electrons. The number of aryl methyl sites for hydroxylation is 2. The lowest BCUT2D eigenvalue weighted by Crippen LogP contribution is -2.24. The van der Waals surface area contributed by atoms with Crippen molar-refractivity contribution in [1.29, 1.82) is 0 Å². The number of aromatic nitrogens is 2. The van der Waals surface area contributed by atoms with Crippen molar-refractivity contribution < 1.29 is 4.79 Å². The Bertz CT molecular complexity index is 290. The lowest BCUT2D eigenvalue weighted by Gasteiger charge is -2.03. The third kappa shape index (κ3) is 2.08. The second-order valence-electron chi connectivity index (χ2n) is 2.82. The highest BCUT2D eigenvalue weighted by molar-refractivity contribution is 5.72. The molecule has 0 aliphatic rings. The summed E-state index contributed by atoms with van der Waals surface area (Å²) in [6.45, 7) is 5.83. The molecule has 0 saturated carbocycles. The molecule has 1 aromatic rings. The second-order valence-corrected chi connectivity index (χ2v) is 2.82. The van der Waals surface area contributed by atoms with Crippen molar-refractivity contribution in [2.24, 2.45) is 0 Å². The Morgan fingerprint density at radius 1 is 1.67 bits per heavy atom. The Balaban J connectivity index is 2.62. The zero-order valence-corrected chi connectivity index (χ0v) is 7.59. The molecule has 0 spiro atoms. The smallest absolute Gasteiger partial charge is 0.218 e. The highest BCUT2D eigenvalue weighted by Gasteiger charge is 1.99. The first kappa shape index (κ1) is 8.77. The van der Waals surface area contributed by atoms with Gasteiger partial charge in [-0.1, -0.05) is 0 Å². The van der Waals surface area contributed by atoms with E-state index in [2.05, 4.69) is 10.4 Å². The number of nitrogens with one attached hydrogen (secondary N) is 1. The normalized spacial score (nSPS) is 9.92. The first-order valence-corrected chi connectivity index (χ1v) is 3.85. The summed E-state index contributed by atoms with van der Waals surface area (Å²) in [4.78, 5) is 10.6. The van der Waals surface area contributed by atoms with Gasteiger partial charge < -0.3 is 5.32 Å². The van der Waals surface area contributed by atoms with Gasteiger partial charge in [0.25, 0.3) is 0 Å². The molecular formula is C8H13N3O. The van der Waals surface area contributed by atoms with Gasteiger partial charge in [0, 0.05) is 12.6 Å². The van der Waals surface area contributed by atoms with E-state index >= 15 is 0 Å². The van der Waals surface area contributed by atoms with Crippen LogP contribution >= 0.6 is 0 Å². The molecule has 0 aliphatic heterocycles. The number of carbonyl (C=O) groups is 1. The van der Waals surface area contributed by atoms with E-state index in [1.165, 1.54) is 6.92 Å². The minimum atomic E-state index is -0.0393.